The zero-order valence-electron chi connectivity index (χ0n) is 13.8. The summed E-state index contributed by atoms with van der Waals surface area (Å²) in [4.78, 5) is 0. The predicted octanol–water partition coefficient (Wildman–Crippen LogP) is 4.84. The highest BCUT2D eigenvalue weighted by Gasteiger charge is 2.22. The van der Waals surface area contributed by atoms with E-state index in [0.717, 1.165) is 33.4 Å². The standard InChI is InChI=1S/C20H20O3/c1-13-9-11-14(12-10-13)17-18(21-2)15-7-5-6-8-16(15)19(22-3)20(17)23-4/h5-12H,1-4H3. The second-order valence-corrected chi connectivity index (χ2v) is 5.39. The fraction of sp³-hybridized carbons (Fsp3) is 0.200. The lowest BCUT2D eigenvalue weighted by Gasteiger charge is -2.20. The van der Waals surface area contributed by atoms with E-state index < -0.39 is 0 Å². The molecule has 3 heteroatoms. The maximum atomic E-state index is 5.75. The fourth-order valence-electron chi connectivity index (χ4n) is 2.94. The number of rotatable bonds is 4. The normalized spacial score (nSPS) is 10.6. The van der Waals surface area contributed by atoms with Gasteiger partial charge in [0.1, 0.15) is 5.75 Å². The molecule has 0 heterocycles. The average Bonchev–Trinajstić information content (AvgIpc) is 2.60. The quantitative estimate of drug-likeness (QED) is 0.690. The molecule has 118 valence electrons. The van der Waals surface area contributed by atoms with Gasteiger partial charge in [-0.3, -0.25) is 0 Å². The van der Waals surface area contributed by atoms with Gasteiger partial charge >= 0.3 is 0 Å². The van der Waals surface area contributed by atoms with E-state index in [1.165, 1.54) is 5.56 Å². The van der Waals surface area contributed by atoms with Crippen molar-refractivity contribution in [1.29, 1.82) is 0 Å². The van der Waals surface area contributed by atoms with Crippen molar-refractivity contribution in [2.24, 2.45) is 0 Å². The molecule has 0 aliphatic heterocycles. The predicted molar refractivity (Wildman–Crippen MR) is 93.8 cm³/mol. The van der Waals surface area contributed by atoms with Crippen molar-refractivity contribution in [3.8, 4) is 28.4 Å². The zero-order valence-corrected chi connectivity index (χ0v) is 13.8. The maximum absolute atomic E-state index is 5.75. The van der Waals surface area contributed by atoms with Gasteiger partial charge in [0.2, 0.25) is 0 Å². The summed E-state index contributed by atoms with van der Waals surface area (Å²) in [7, 11) is 5.00. The summed E-state index contributed by atoms with van der Waals surface area (Å²) >= 11 is 0. The summed E-state index contributed by atoms with van der Waals surface area (Å²) in [5, 5.41) is 1.97. The Balaban J connectivity index is 2.45. The van der Waals surface area contributed by atoms with Crippen LogP contribution in [0.15, 0.2) is 48.5 Å². The van der Waals surface area contributed by atoms with Crippen LogP contribution >= 0.6 is 0 Å². The summed E-state index contributed by atoms with van der Waals surface area (Å²) < 4.78 is 17.1. The van der Waals surface area contributed by atoms with Gasteiger partial charge < -0.3 is 14.2 Å². The van der Waals surface area contributed by atoms with Crippen LogP contribution in [0.2, 0.25) is 0 Å². The first kappa shape index (κ1) is 15.2. The molecule has 0 bridgehead atoms. The van der Waals surface area contributed by atoms with Gasteiger partial charge in [-0.05, 0) is 12.5 Å². The summed E-state index contributed by atoms with van der Waals surface area (Å²) in [6.07, 6.45) is 0. The molecule has 23 heavy (non-hydrogen) atoms. The SMILES string of the molecule is COc1c(-c2ccc(C)cc2)c(OC)c2ccccc2c1OC. The van der Waals surface area contributed by atoms with Gasteiger partial charge in [0.05, 0.1) is 26.9 Å². The molecule has 3 rings (SSSR count). The number of hydrogen-bond donors (Lipinski definition) is 0. The number of hydrogen-bond acceptors (Lipinski definition) is 3. The van der Waals surface area contributed by atoms with Gasteiger partial charge in [0, 0.05) is 10.8 Å². The van der Waals surface area contributed by atoms with Gasteiger partial charge in [-0.1, -0.05) is 54.1 Å². The van der Waals surface area contributed by atoms with Crippen LogP contribution in [0.3, 0.4) is 0 Å². The Morgan fingerprint density at radius 1 is 0.609 bits per heavy atom. The van der Waals surface area contributed by atoms with Gasteiger partial charge in [-0.2, -0.15) is 0 Å². The Hall–Kier alpha value is -2.68. The Morgan fingerprint density at radius 3 is 1.65 bits per heavy atom. The molecule has 0 spiro atoms. The largest absolute Gasteiger partial charge is 0.495 e. The molecule has 3 aromatic carbocycles. The molecule has 0 radical (unpaired) electrons. The molecular formula is C20H20O3. The highest BCUT2D eigenvalue weighted by molar-refractivity contribution is 6.03. The van der Waals surface area contributed by atoms with Crippen molar-refractivity contribution in [1.82, 2.24) is 0 Å². The smallest absolute Gasteiger partial charge is 0.172 e. The van der Waals surface area contributed by atoms with E-state index in [1.807, 2.05) is 24.3 Å². The minimum atomic E-state index is 0.687. The lowest BCUT2D eigenvalue weighted by molar-refractivity contribution is 0.355. The zero-order chi connectivity index (χ0) is 16.4. The number of benzene rings is 3. The third kappa shape index (κ3) is 2.48. The van der Waals surface area contributed by atoms with Crippen molar-refractivity contribution in [2.75, 3.05) is 21.3 Å². The van der Waals surface area contributed by atoms with Crippen molar-refractivity contribution in [2.45, 2.75) is 6.92 Å². The molecule has 0 unspecified atom stereocenters. The molecule has 0 atom stereocenters. The summed E-state index contributed by atoms with van der Waals surface area (Å²) in [6, 6.07) is 16.3. The molecule has 0 fully saturated rings. The molecule has 0 N–H and O–H groups in total. The molecule has 3 nitrogen and oxygen atoms in total. The highest BCUT2D eigenvalue weighted by atomic mass is 16.5. The summed E-state index contributed by atoms with van der Waals surface area (Å²) in [5.74, 6) is 2.20. The molecule has 0 aliphatic carbocycles. The third-order valence-corrected chi connectivity index (χ3v) is 4.03. The topological polar surface area (TPSA) is 27.7 Å². The first-order valence-corrected chi connectivity index (χ1v) is 7.49. The van der Waals surface area contributed by atoms with Crippen molar-refractivity contribution in [3.63, 3.8) is 0 Å². The number of fused-ring (bicyclic) bond motifs is 1. The maximum Gasteiger partial charge on any atom is 0.172 e. The van der Waals surface area contributed by atoms with E-state index in [-0.39, 0.29) is 0 Å². The molecular weight excluding hydrogens is 288 g/mol. The first-order valence-electron chi connectivity index (χ1n) is 7.49. The molecule has 0 amide bonds. The van der Waals surface area contributed by atoms with Crippen LogP contribution in [0.25, 0.3) is 21.9 Å². The molecule has 0 aliphatic rings. The van der Waals surface area contributed by atoms with E-state index in [1.54, 1.807) is 21.3 Å². The van der Waals surface area contributed by atoms with Crippen LogP contribution in [-0.2, 0) is 0 Å². The Bertz CT molecular complexity index is 836. The van der Waals surface area contributed by atoms with E-state index in [4.69, 9.17) is 14.2 Å². The third-order valence-electron chi connectivity index (χ3n) is 4.03. The van der Waals surface area contributed by atoms with Gasteiger partial charge in [0.15, 0.2) is 11.5 Å². The number of ether oxygens (including phenoxy) is 3. The molecule has 0 saturated carbocycles. The lowest BCUT2D eigenvalue weighted by Crippen LogP contribution is -1.99. The highest BCUT2D eigenvalue weighted by Crippen LogP contribution is 2.50. The minimum Gasteiger partial charge on any atom is -0.495 e. The Labute approximate surface area is 136 Å². The lowest BCUT2D eigenvalue weighted by atomic mass is 9.96. The molecule has 0 saturated heterocycles. The van der Waals surface area contributed by atoms with Crippen LogP contribution in [0.1, 0.15) is 5.56 Å². The van der Waals surface area contributed by atoms with Crippen LogP contribution in [0.4, 0.5) is 0 Å². The van der Waals surface area contributed by atoms with E-state index in [2.05, 4.69) is 31.2 Å². The van der Waals surface area contributed by atoms with Crippen LogP contribution in [0, 0.1) is 6.92 Å². The van der Waals surface area contributed by atoms with E-state index >= 15 is 0 Å². The Morgan fingerprint density at radius 2 is 1.13 bits per heavy atom. The van der Waals surface area contributed by atoms with Crippen LogP contribution < -0.4 is 14.2 Å². The first-order chi connectivity index (χ1) is 11.2. The number of aryl methyl sites for hydroxylation is 1. The average molecular weight is 308 g/mol. The van der Waals surface area contributed by atoms with Gasteiger partial charge in [-0.15, -0.1) is 0 Å². The minimum absolute atomic E-state index is 0.687. The van der Waals surface area contributed by atoms with Gasteiger partial charge in [-0.25, -0.2) is 0 Å². The second kappa shape index (κ2) is 6.21. The van der Waals surface area contributed by atoms with Crippen LogP contribution in [-0.4, -0.2) is 21.3 Å². The molecule has 0 aromatic heterocycles. The van der Waals surface area contributed by atoms with Crippen molar-refractivity contribution in [3.05, 3.63) is 54.1 Å². The van der Waals surface area contributed by atoms with E-state index in [9.17, 15) is 0 Å². The van der Waals surface area contributed by atoms with Crippen molar-refractivity contribution < 1.29 is 14.2 Å². The van der Waals surface area contributed by atoms with Crippen LogP contribution in [0.5, 0.6) is 17.2 Å². The van der Waals surface area contributed by atoms with E-state index in [0.29, 0.717) is 5.75 Å². The monoisotopic (exact) mass is 308 g/mol. The second-order valence-electron chi connectivity index (χ2n) is 5.39. The van der Waals surface area contributed by atoms with Gasteiger partial charge in [0.25, 0.3) is 0 Å². The van der Waals surface area contributed by atoms with Crippen molar-refractivity contribution >= 4 is 10.8 Å². The number of methoxy groups -OCH3 is 3. The fourth-order valence-corrected chi connectivity index (χ4v) is 2.94. The summed E-state index contributed by atoms with van der Waals surface area (Å²) in [5.41, 5.74) is 3.15. The Kier molecular flexibility index (Phi) is 4.11. The summed E-state index contributed by atoms with van der Waals surface area (Å²) in [6.45, 7) is 2.07. The molecule has 3 aromatic rings.